The number of aryl methyl sites for hydroxylation is 2. The summed E-state index contributed by atoms with van der Waals surface area (Å²) < 4.78 is 12.0. The Hall–Kier alpha value is -1.81. The van der Waals surface area contributed by atoms with Crippen molar-refractivity contribution in [1.82, 2.24) is 0 Å². The fraction of sp³-hybridized carbons (Fsp3) is 0.381. The quantitative estimate of drug-likeness (QED) is 0.454. The normalized spacial score (nSPS) is 11.3. The molecule has 0 aliphatic heterocycles. The van der Waals surface area contributed by atoms with E-state index in [1.807, 2.05) is 50.2 Å². The zero-order chi connectivity index (χ0) is 18.6. The van der Waals surface area contributed by atoms with E-state index in [-0.39, 0.29) is 12.0 Å². The van der Waals surface area contributed by atoms with Gasteiger partial charge in [0.1, 0.15) is 11.5 Å². The van der Waals surface area contributed by atoms with Crippen LogP contribution in [0.2, 0.25) is 0 Å². The molecule has 25 heavy (non-hydrogen) atoms. The van der Waals surface area contributed by atoms with Crippen LogP contribution < -0.4 is 9.47 Å². The summed E-state index contributed by atoms with van der Waals surface area (Å²) >= 11 is 3.45. The van der Waals surface area contributed by atoms with Gasteiger partial charge in [-0.05, 0) is 66.6 Å². The van der Waals surface area contributed by atoms with Gasteiger partial charge in [-0.1, -0.05) is 48.8 Å². The van der Waals surface area contributed by atoms with Crippen molar-refractivity contribution < 1.29 is 14.3 Å². The molecule has 0 saturated heterocycles. The zero-order valence-corrected chi connectivity index (χ0v) is 17.1. The number of rotatable bonds is 6. The molecule has 0 bridgehead atoms. The lowest BCUT2D eigenvalue weighted by atomic mass is 9.82. The molecule has 3 nitrogen and oxygen atoms in total. The monoisotopic (exact) mass is 404 g/mol. The third kappa shape index (κ3) is 5.08. The summed E-state index contributed by atoms with van der Waals surface area (Å²) in [6.45, 7) is 10.3. The van der Waals surface area contributed by atoms with Crippen LogP contribution in [-0.2, 0) is 10.2 Å². The molecule has 2 aromatic carbocycles. The average Bonchev–Trinajstić information content (AvgIpc) is 2.54. The molecule has 0 atom stereocenters. The Morgan fingerprint density at radius 3 is 2.16 bits per heavy atom. The van der Waals surface area contributed by atoms with E-state index in [0.717, 1.165) is 27.8 Å². The van der Waals surface area contributed by atoms with Gasteiger partial charge in [-0.25, -0.2) is 4.79 Å². The maximum Gasteiger partial charge on any atom is 0.349 e. The summed E-state index contributed by atoms with van der Waals surface area (Å²) in [5.74, 6) is 0.845. The van der Waals surface area contributed by atoms with Gasteiger partial charge in [0.25, 0.3) is 0 Å². The maximum absolute atomic E-state index is 12.1. The first-order valence-corrected chi connectivity index (χ1v) is 9.23. The average molecular weight is 405 g/mol. The van der Waals surface area contributed by atoms with Crippen molar-refractivity contribution in [3.8, 4) is 11.5 Å². The minimum atomic E-state index is -0.413. The van der Waals surface area contributed by atoms with E-state index < -0.39 is 5.97 Å². The number of carbonyl (C=O) groups is 1. The molecule has 134 valence electrons. The van der Waals surface area contributed by atoms with Gasteiger partial charge in [0.2, 0.25) is 0 Å². The van der Waals surface area contributed by atoms with Crippen molar-refractivity contribution in [3.63, 3.8) is 0 Å². The van der Waals surface area contributed by atoms with Crippen LogP contribution in [0.4, 0.5) is 0 Å². The van der Waals surface area contributed by atoms with E-state index in [1.165, 1.54) is 5.56 Å². The fourth-order valence-electron chi connectivity index (χ4n) is 2.60. The lowest BCUT2D eigenvalue weighted by Crippen LogP contribution is -2.19. The van der Waals surface area contributed by atoms with Gasteiger partial charge in [0.15, 0.2) is 6.61 Å². The van der Waals surface area contributed by atoms with E-state index in [1.54, 1.807) is 0 Å². The molecule has 0 heterocycles. The summed E-state index contributed by atoms with van der Waals surface area (Å²) in [6, 6.07) is 11.6. The van der Waals surface area contributed by atoms with Gasteiger partial charge in [0, 0.05) is 4.47 Å². The molecule has 0 aromatic heterocycles. The third-order valence-corrected chi connectivity index (χ3v) is 4.97. The fourth-order valence-corrected chi connectivity index (χ4v) is 3.28. The Morgan fingerprint density at radius 2 is 1.64 bits per heavy atom. The van der Waals surface area contributed by atoms with Gasteiger partial charge in [-0.3, -0.25) is 0 Å². The van der Waals surface area contributed by atoms with Crippen molar-refractivity contribution in [2.45, 2.75) is 46.5 Å². The summed E-state index contributed by atoms with van der Waals surface area (Å²) in [6.07, 6.45) is 1.05. The van der Waals surface area contributed by atoms with E-state index in [4.69, 9.17) is 9.47 Å². The first-order valence-electron chi connectivity index (χ1n) is 8.43. The van der Waals surface area contributed by atoms with Gasteiger partial charge < -0.3 is 9.47 Å². The van der Waals surface area contributed by atoms with E-state index in [9.17, 15) is 4.79 Å². The number of benzene rings is 2. The molecule has 0 N–H and O–H groups in total. The largest absolute Gasteiger partial charge is 0.481 e. The van der Waals surface area contributed by atoms with Gasteiger partial charge in [-0.15, -0.1) is 0 Å². The van der Waals surface area contributed by atoms with Crippen LogP contribution in [0.1, 0.15) is 43.9 Å². The molecule has 0 fully saturated rings. The Balaban J connectivity index is 1.97. The highest BCUT2D eigenvalue weighted by molar-refractivity contribution is 9.10. The summed E-state index contributed by atoms with van der Waals surface area (Å²) in [4.78, 5) is 12.1. The van der Waals surface area contributed by atoms with Crippen molar-refractivity contribution in [1.29, 1.82) is 0 Å². The summed E-state index contributed by atoms with van der Waals surface area (Å²) in [5.41, 5.74) is 3.30. The first kappa shape index (κ1) is 19.5. The second-order valence-corrected chi connectivity index (χ2v) is 7.81. The maximum atomic E-state index is 12.1. The number of hydrogen-bond donors (Lipinski definition) is 0. The zero-order valence-electron chi connectivity index (χ0n) is 15.5. The Bertz CT molecular complexity index is 725. The lowest BCUT2D eigenvalue weighted by Gasteiger charge is -2.23. The molecule has 0 radical (unpaired) electrons. The van der Waals surface area contributed by atoms with Crippen LogP contribution in [0.5, 0.6) is 11.5 Å². The second-order valence-electron chi connectivity index (χ2n) is 6.89. The molecule has 0 aliphatic carbocycles. The smallest absolute Gasteiger partial charge is 0.349 e. The van der Waals surface area contributed by atoms with Crippen molar-refractivity contribution in [2.75, 3.05) is 6.61 Å². The predicted octanol–water partition coefficient (Wildman–Crippen LogP) is 5.74. The van der Waals surface area contributed by atoms with E-state index >= 15 is 0 Å². The molecule has 0 unspecified atom stereocenters. The predicted molar refractivity (Wildman–Crippen MR) is 105 cm³/mol. The molecule has 0 spiro atoms. The minimum Gasteiger partial charge on any atom is -0.481 e. The van der Waals surface area contributed by atoms with Crippen LogP contribution in [0.3, 0.4) is 0 Å². The number of hydrogen-bond acceptors (Lipinski definition) is 3. The number of carbonyl (C=O) groups excluding carboxylic acids is 1. The van der Waals surface area contributed by atoms with Gasteiger partial charge >= 0.3 is 5.97 Å². The van der Waals surface area contributed by atoms with Crippen molar-refractivity contribution in [2.24, 2.45) is 0 Å². The number of halogens is 1. The number of esters is 1. The third-order valence-electron chi connectivity index (χ3n) is 4.51. The Morgan fingerprint density at radius 1 is 1.08 bits per heavy atom. The van der Waals surface area contributed by atoms with Gasteiger partial charge in [0.05, 0.1) is 0 Å². The molecule has 2 rings (SSSR count). The Kier molecular flexibility index (Phi) is 6.28. The van der Waals surface area contributed by atoms with Crippen LogP contribution in [0.15, 0.2) is 40.9 Å². The lowest BCUT2D eigenvalue weighted by molar-refractivity contribution is -0.136. The standard InChI is InChI=1S/C21H25BrO3/c1-6-21(4,5)16-7-9-18(10-8-16)25-19(23)13-24-20-14(2)11-17(22)12-15(20)3/h7-12H,6,13H2,1-5H3. The number of ether oxygens (including phenoxy) is 2. The van der Waals surface area contributed by atoms with E-state index in [0.29, 0.717) is 5.75 Å². The topological polar surface area (TPSA) is 35.5 Å². The highest BCUT2D eigenvalue weighted by Crippen LogP contribution is 2.29. The summed E-state index contributed by atoms with van der Waals surface area (Å²) in [5, 5.41) is 0. The molecular weight excluding hydrogens is 380 g/mol. The molecule has 0 saturated carbocycles. The molecule has 0 aliphatic rings. The second kappa shape index (κ2) is 8.05. The van der Waals surface area contributed by atoms with Crippen LogP contribution in [-0.4, -0.2) is 12.6 Å². The highest BCUT2D eigenvalue weighted by atomic mass is 79.9. The molecule has 0 amide bonds. The van der Waals surface area contributed by atoms with Crippen LogP contribution in [0.25, 0.3) is 0 Å². The van der Waals surface area contributed by atoms with Gasteiger partial charge in [-0.2, -0.15) is 0 Å². The molecular formula is C21H25BrO3. The van der Waals surface area contributed by atoms with E-state index in [2.05, 4.69) is 36.7 Å². The SMILES string of the molecule is CCC(C)(C)c1ccc(OC(=O)COc2c(C)cc(Br)cc2C)cc1. The van der Waals surface area contributed by atoms with Crippen molar-refractivity contribution >= 4 is 21.9 Å². The minimum absolute atomic E-state index is 0.113. The Labute approximate surface area is 158 Å². The molecule has 2 aromatic rings. The summed E-state index contributed by atoms with van der Waals surface area (Å²) in [7, 11) is 0. The highest BCUT2D eigenvalue weighted by Gasteiger charge is 2.18. The van der Waals surface area contributed by atoms with Crippen molar-refractivity contribution in [3.05, 3.63) is 57.6 Å². The first-order chi connectivity index (χ1) is 11.7. The molecule has 4 heteroatoms. The van der Waals surface area contributed by atoms with Crippen LogP contribution in [0, 0.1) is 13.8 Å². The van der Waals surface area contributed by atoms with Crippen LogP contribution >= 0.6 is 15.9 Å².